The summed E-state index contributed by atoms with van der Waals surface area (Å²) < 4.78 is 5.62. The van der Waals surface area contributed by atoms with Crippen LogP contribution in [0.2, 0.25) is 0 Å². The average molecular weight is 278 g/mol. The van der Waals surface area contributed by atoms with Crippen LogP contribution < -0.4 is 15.5 Å². The fourth-order valence-electron chi connectivity index (χ4n) is 2.21. The first-order valence-electron chi connectivity index (χ1n) is 6.98. The Hall–Kier alpha value is -1.75. The predicted molar refractivity (Wildman–Crippen MR) is 76.6 cm³/mol. The van der Waals surface area contributed by atoms with Crippen molar-refractivity contribution in [3.8, 4) is 5.75 Å². The van der Waals surface area contributed by atoms with Crippen LogP contribution in [-0.2, 0) is 4.84 Å². The van der Waals surface area contributed by atoms with E-state index in [-0.39, 0.29) is 18.0 Å². The van der Waals surface area contributed by atoms with Gasteiger partial charge in [0.25, 0.3) is 0 Å². The van der Waals surface area contributed by atoms with Crippen LogP contribution in [0.1, 0.15) is 32.3 Å². The molecule has 2 N–H and O–H groups in total. The van der Waals surface area contributed by atoms with Crippen molar-refractivity contribution in [1.82, 2.24) is 10.8 Å². The predicted octanol–water partition coefficient (Wildman–Crippen LogP) is 2.44. The van der Waals surface area contributed by atoms with Gasteiger partial charge in [-0.1, -0.05) is 32.0 Å². The second kappa shape index (κ2) is 6.61. The standard InChI is InChI=1S/C15H22N2O3/c1-10(2)8-20-17-15(18)16-11(3)13-9-19-14-7-5-4-6-12(13)14/h4-7,10-11,13H,8-9H2,1-3H3,(H2,16,17,18)/t11-,13+/m0/s1. The van der Waals surface area contributed by atoms with Gasteiger partial charge in [-0.2, -0.15) is 0 Å². The SMILES string of the molecule is CC(C)CONC(=O)N[C@@H](C)[C@H]1COc2ccccc21. The molecular weight excluding hydrogens is 256 g/mol. The third kappa shape index (κ3) is 3.63. The minimum atomic E-state index is -0.317. The summed E-state index contributed by atoms with van der Waals surface area (Å²) in [5.74, 6) is 1.45. The lowest BCUT2D eigenvalue weighted by atomic mass is 9.95. The summed E-state index contributed by atoms with van der Waals surface area (Å²) in [5.41, 5.74) is 3.54. The topological polar surface area (TPSA) is 59.6 Å². The van der Waals surface area contributed by atoms with Crippen molar-refractivity contribution in [2.45, 2.75) is 32.7 Å². The minimum absolute atomic E-state index is 0.0266. The number of rotatable bonds is 5. The normalized spacial score (nSPS) is 18.3. The lowest BCUT2D eigenvalue weighted by Crippen LogP contribution is -2.44. The molecule has 2 rings (SSSR count). The van der Waals surface area contributed by atoms with Gasteiger partial charge in [0.2, 0.25) is 0 Å². The number of benzene rings is 1. The molecule has 2 amide bonds. The monoisotopic (exact) mass is 278 g/mol. The Morgan fingerprint density at radius 3 is 2.90 bits per heavy atom. The van der Waals surface area contributed by atoms with E-state index in [1.807, 2.05) is 45.0 Å². The number of urea groups is 1. The Bertz CT molecular complexity index is 462. The zero-order chi connectivity index (χ0) is 14.5. The molecule has 0 aliphatic carbocycles. The van der Waals surface area contributed by atoms with Crippen LogP contribution >= 0.6 is 0 Å². The van der Waals surface area contributed by atoms with Gasteiger partial charge in [0.15, 0.2) is 0 Å². The summed E-state index contributed by atoms with van der Waals surface area (Å²) in [4.78, 5) is 16.8. The summed E-state index contributed by atoms with van der Waals surface area (Å²) in [6.45, 7) is 7.10. The fraction of sp³-hybridized carbons (Fsp3) is 0.533. The van der Waals surface area contributed by atoms with Crippen LogP contribution in [0.3, 0.4) is 0 Å². The molecule has 1 heterocycles. The van der Waals surface area contributed by atoms with Crippen molar-refractivity contribution in [2.75, 3.05) is 13.2 Å². The quantitative estimate of drug-likeness (QED) is 0.813. The third-order valence-corrected chi connectivity index (χ3v) is 3.28. The first-order valence-corrected chi connectivity index (χ1v) is 6.98. The van der Waals surface area contributed by atoms with Gasteiger partial charge in [-0.15, -0.1) is 0 Å². The van der Waals surface area contributed by atoms with Gasteiger partial charge in [0.05, 0.1) is 13.2 Å². The van der Waals surface area contributed by atoms with Crippen molar-refractivity contribution in [3.63, 3.8) is 0 Å². The summed E-state index contributed by atoms with van der Waals surface area (Å²) >= 11 is 0. The fourth-order valence-corrected chi connectivity index (χ4v) is 2.21. The number of carbonyl (C=O) groups excluding carboxylic acids is 1. The minimum Gasteiger partial charge on any atom is -0.493 e. The van der Waals surface area contributed by atoms with Crippen molar-refractivity contribution in [3.05, 3.63) is 29.8 Å². The summed E-state index contributed by atoms with van der Waals surface area (Å²) in [6.07, 6.45) is 0. The van der Waals surface area contributed by atoms with Gasteiger partial charge in [-0.3, -0.25) is 4.84 Å². The number of amides is 2. The molecule has 2 atom stereocenters. The van der Waals surface area contributed by atoms with Gasteiger partial charge < -0.3 is 10.1 Å². The average Bonchev–Trinajstić information content (AvgIpc) is 2.82. The number of nitrogens with one attached hydrogen (secondary N) is 2. The first kappa shape index (κ1) is 14.7. The number of hydroxylamine groups is 1. The molecule has 1 aromatic carbocycles. The molecule has 0 bridgehead atoms. The molecule has 5 nitrogen and oxygen atoms in total. The van der Waals surface area contributed by atoms with Gasteiger partial charge >= 0.3 is 6.03 Å². The number of hydrogen-bond donors (Lipinski definition) is 2. The molecule has 0 fully saturated rings. The highest BCUT2D eigenvalue weighted by molar-refractivity contribution is 5.73. The molecule has 1 aromatic rings. The second-order valence-corrected chi connectivity index (χ2v) is 5.52. The van der Waals surface area contributed by atoms with E-state index in [0.29, 0.717) is 19.1 Å². The number of hydrogen-bond acceptors (Lipinski definition) is 3. The molecule has 0 radical (unpaired) electrons. The van der Waals surface area contributed by atoms with Crippen LogP contribution in [0.25, 0.3) is 0 Å². The summed E-state index contributed by atoms with van der Waals surface area (Å²) in [5, 5.41) is 2.88. The second-order valence-electron chi connectivity index (χ2n) is 5.52. The summed E-state index contributed by atoms with van der Waals surface area (Å²) in [7, 11) is 0. The zero-order valence-electron chi connectivity index (χ0n) is 12.2. The van der Waals surface area contributed by atoms with E-state index in [4.69, 9.17) is 9.57 Å². The van der Waals surface area contributed by atoms with E-state index in [0.717, 1.165) is 11.3 Å². The van der Waals surface area contributed by atoms with E-state index < -0.39 is 0 Å². The Kier molecular flexibility index (Phi) is 4.84. The molecule has 0 aromatic heterocycles. The zero-order valence-corrected chi connectivity index (χ0v) is 12.2. The Morgan fingerprint density at radius 2 is 2.15 bits per heavy atom. The van der Waals surface area contributed by atoms with Crippen molar-refractivity contribution < 1.29 is 14.4 Å². The summed E-state index contributed by atoms with van der Waals surface area (Å²) in [6, 6.07) is 7.58. The maximum absolute atomic E-state index is 11.7. The van der Waals surface area contributed by atoms with E-state index in [1.165, 1.54) is 0 Å². The molecule has 0 saturated heterocycles. The number of carbonyl (C=O) groups is 1. The lowest BCUT2D eigenvalue weighted by Gasteiger charge is -2.20. The Morgan fingerprint density at radius 1 is 1.40 bits per heavy atom. The van der Waals surface area contributed by atoms with Crippen molar-refractivity contribution in [2.24, 2.45) is 5.92 Å². The smallest absolute Gasteiger partial charge is 0.338 e. The number of para-hydroxylation sites is 1. The van der Waals surface area contributed by atoms with E-state index in [2.05, 4.69) is 10.8 Å². The van der Waals surface area contributed by atoms with Crippen LogP contribution in [0.5, 0.6) is 5.75 Å². The molecule has 0 spiro atoms. The van der Waals surface area contributed by atoms with Gasteiger partial charge in [0, 0.05) is 17.5 Å². The number of ether oxygens (including phenoxy) is 1. The van der Waals surface area contributed by atoms with Gasteiger partial charge in [-0.05, 0) is 18.9 Å². The molecule has 110 valence electrons. The van der Waals surface area contributed by atoms with Gasteiger partial charge in [-0.25, -0.2) is 10.3 Å². The molecule has 1 aliphatic heterocycles. The third-order valence-electron chi connectivity index (χ3n) is 3.28. The van der Waals surface area contributed by atoms with Crippen LogP contribution in [-0.4, -0.2) is 25.3 Å². The van der Waals surface area contributed by atoms with E-state index in [1.54, 1.807) is 0 Å². The van der Waals surface area contributed by atoms with Crippen LogP contribution in [0.15, 0.2) is 24.3 Å². The molecule has 0 unspecified atom stereocenters. The van der Waals surface area contributed by atoms with Crippen LogP contribution in [0, 0.1) is 5.92 Å². The lowest BCUT2D eigenvalue weighted by molar-refractivity contribution is 0.0430. The molecular formula is C15H22N2O3. The highest BCUT2D eigenvalue weighted by atomic mass is 16.7. The Labute approximate surface area is 119 Å². The van der Waals surface area contributed by atoms with Gasteiger partial charge in [0.1, 0.15) is 5.75 Å². The molecule has 20 heavy (non-hydrogen) atoms. The van der Waals surface area contributed by atoms with E-state index >= 15 is 0 Å². The van der Waals surface area contributed by atoms with Crippen LogP contribution in [0.4, 0.5) is 4.79 Å². The molecule has 5 heteroatoms. The van der Waals surface area contributed by atoms with Crippen molar-refractivity contribution in [1.29, 1.82) is 0 Å². The largest absolute Gasteiger partial charge is 0.493 e. The maximum Gasteiger partial charge on any atom is 0.338 e. The van der Waals surface area contributed by atoms with Crippen molar-refractivity contribution >= 4 is 6.03 Å². The molecule has 1 aliphatic rings. The highest BCUT2D eigenvalue weighted by Gasteiger charge is 2.29. The van der Waals surface area contributed by atoms with E-state index in [9.17, 15) is 4.79 Å². The number of fused-ring (bicyclic) bond motifs is 1. The first-order chi connectivity index (χ1) is 9.58. The maximum atomic E-state index is 11.7. The Balaban J connectivity index is 1.84. The highest BCUT2D eigenvalue weighted by Crippen LogP contribution is 2.35. The molecule has 0 saturated carbocycles.